The van der Waals surface area contributed by atoms with E-state index in [0.29, 0.717) is 5.92 Å². The molecule has 2 heteroatoms. The standard InChI is InChI=1S/C20H27O.Li/c1-14-11-17(15(2)13-16-9-7-8-10-16)19(21-6)18(12-14)20(3,4)5;/h7,9,11-12,15H,8,13H2,1-6H3;. The van der Waals surface area contributed by atoms with E-state index in [1.807, 2.05) is 0 Å². The number of rotatable bonds is 4. The van der Waals surface area contributed by atoms with E-state index in [-0.39, 0.29) is 5.41 Å². The minimum absolute atomic E-state index is 0.0915. The van der Waals surface area contributed by atoms with E-state index < -0.39 is 0 Å². The van der Waals surface area contributed by atoms with Gasteiger partial charge in [-0.1, -0.05) is 0 Å². The van der Waals surface area contributed by atoms with E-state index >= 15 is 0 Å². The predicted octanol–water partition coefficient (Wildman–Crippen LogP) is 5.18. The summed E-state index contributed by atoms with van der Waals surface area (Å²) < 4.78 is 7.35. The normalized spacial score (nSPS) is 16.4. The molecule has 1 aromatic rings. The first-order chi connectivity index (χ1) is 10.2. The molecular formula is C20H27LiO. The topological polar surface area (TPSA) is 9.23 Å². The van der Waals surface area contributed by atoms with Gasteiger partial charge in [0.1, 0.15) is 0 Å². The van der Waals surface area contributed by atoms with Crippen molar-refractivity contribution < 1.29 is 4.74 Å². The van der Waals surface area contributed by atoms with Crippen LogP contribution in [-0.4, -0.2) is 24.8 Å². The number of hydrogen-bond acceptors (Lipinski definition) is 1. The molecule has 0 N–H and O–H groups in total. The summed E-state index contributed by atoms with van der Waals surface area (Å²) in [5, 5.41) is 0. The van der Waals surface area contributed by atoms with Crippen LogP contribution in [0.5, 0.6) is 5.75 Å². The molecule has 1 aliphatic carbocycles. The van der Waals surface area contributed by atoms with Crippen molar-refractivity contribution in [1.82, 2.24) is 0 Å². The van der Waals surface area contributed by atoms with Gasteiger partial charge in [0, 0.05) is 0 Å². The third kappa shape index (κ3) is 3.70. The Kier molecular flexibility index (Phi) is 5.31. The summed E-state index contributed by atoms with van der Waals surface area (Å²) in [6.07, 6.45) is 6.76. The molecule has 0 saturated heterocycles. The van der Waals surface area contributed by atoms with Crippen LogP contribution >= 0.6 is 0 Å². The van der Waals surface area contributed by atoms with E-state index in [9.17, 15) is 0 Å². The van der Waals surface area contributed by atoms with E-state index in [2.05, 4.69) is 76.6 Å². The Morgan fingerprint density at radius 3 is 2.45 bits per heavy atom. The second-order valence-electron chi connectivity index (χ2n) is 7.70. The molecular weight excluding hydrogens is 263 g/mol. The van der Waals surface area contributed by atoms with Crippen molar-refractivity contribution in [2.75, 3.05) is 7.11 Å². The predicted molar refractivity (Wildman–Crippen MR) is 96.0 cm³/mol. The van der Waals surface area contributed by atoms with Crippen LogP contribution in [-0.2, 0) is 5.41 Å². The molecule has 0 fully saturated rings. The molecule has 1 unspecified atom stereocenters. The zero-order valence-corrected chi connectivity index (χ0v) is 15.2. The molecule has 1 atom stereocenters. The zero-order chi connectivity index (χ0) is 16.5. The summed E-state index contributed by atoms with van der Waals surface area (Å²) in [4.78, 5) is 0. The molecule has 0 radical (unpaired) electrons. The number of allylic oxidation sites excluding steroid dienone is 4. The quantitative estimate of drug-likeness (QED) is 0.694. The van der Waals surface area contributed by atoms with E-state index in [0.717, 1.165) is 18.6 Å². The molecule has 0 spiro atoms. The molecule has 0 aliphatic heterocycles. The summed E-state index contributed by atoms with van der Waals surface area (Å²) in [5.41, 5.74) is 5.56. The zero-order valence-electron chi connectivity index (χ0n) is 15.2. The van der Waals surface area contributed by atoms with Crippen molar-refractivity contribution in [3.63, 3.8) is 0 Å². The molecule has 114 valence electrons. The first-order valence-electron chi connectivity index (χ1n) is 8.28. The SMILES string of the molecule is [Li][C]1=C(CC(C)c2cc(C)cc(C(C)(C)C)c2OC)C=CC1. The Balaban J connectivity index is 2.43. The van der Waals surface area contributed by atoms with Gasteiger partial charge in [-0.3, -0.25) is 0 Å². The van der Waals surface area contributed by atoms with Gasteiger partial charge in [-0.15, -0.1) is 0 Å². The van der Waals surface area contributed by atoms with Gasteiger partial charge in [0.25, 0.3) is 0 Å². The number of methoxy groups -OCH3 is 1. The average molecular weight is 290 g/mol. The number of aryl methyl sites for hydroxylation is 1. The number of benzene rings is 1. The second kappa shape index (κ2) is 6.69. The summed E-state index contributed by atoms with van der Waals surface area (Å²) in [6, 6.07) is 4.57. The monoisotopic (exact) mass is 290 g/mol. The molecule has 1 aliphatic rings. The fourth-order valence-corrected chi connectivity index (χ4v) is 3.29. The van der Waals surface area contributed by atoms with E-state index in [1.165, 1.54) is 26.5 Å². The maximum absolute atomic E-state index is 5.84. The van der Waals surface area contributed by atoms with Crippen molar-refractivity contribution >= 4 is 17.7 Å². The summed E-state index contributed by atoms with van der Waals surface area (Å²) >= 11 is 2.25. The molecule has 22 heavy (non-hydrogen) atoms. The van der Waals surface area contributed by atoms with E-state index in [1.54, 1.807) is 7.11 Å². The minimum atomic E-state index is 0.0915. The van der Waals surface area contributed by atoms with Crippen LogP contribution in [0.15, 0.2) is 34.1 Å². The maximum atomic E-state index is 5.84. The molecule has 0 heterocycles. The van der Waals surface area contributed by atoms with Gasteiger partial charge in [-0.2, -0.15) is 0 Å². The third-order valence-corrected chi connectivity index (χ3v) is 4.62. The van der Waals surface area contributed by atoms with E-state index in [4.69, 9.17) is 4.74 Å². The third-order valence-electron chi connectivity index (χ3n) is 4.62. The Hall–Kier alpha value is -0.903. The molecule has 0 aromatic heterocycles. The van der Waals surface area contributed by atoms with Crippen LogP contribution in [0.25, 0.3) is 0 Å². The fraction of sp³-hybridized carbons (Fsp3) is 0.500. The molecule has 0 bridgehead atoms. The van der Waals surface area contributed by atoms with Crippen molar-refractivity contribution in [3.8, 4) is 5.75 Å². The Labute approximate surface area is 145 Å². The first kappa shape index (κ1) is 17.5. The fourth-order valence-electron chi connectivity index (χ4n) is 3.29. The summed E-state index contributed by atoms with van der Waals surface area (Å²) in [6.45, 7) is 11.3. The van der Waals surface area contributed by atoms with Gasteiger partial charge in [-0.25, -0.2) is 0 Å². The van der Waals surface area contributed by atoms with Crippen LogP contribution in [0.4, 0.5) is 0 Å². The summed E-state index contributed by atoms with van der Waals surface area (Å²) in [7, 11) is 1.80. The molecule has 1 nitrogen and oxygen atoms in total. The molecule has 0 saturated carbocycles. The van der Waals surface area contributed by atoms with Crippen molar-refractivity contribution in [1.29, 1.82) is 0 Å². The van der Waals surface area contributed by atoms with Crippen LogP contribution in [0, 0.1) is 6.92 Å². The van der Waals surface area contributed by atoms with Gasteiger partial charge in [0.05, 0.1) is 0 Å². The van der Waals surface area contributed by atoms with Gasteiger partial charge in [0.2, 0.25) is 0 Å². The van der Waals surface area contributed by atoms with Crippen LogP contribution in [0.3, 0.4) is 0 Å². The first-order valence-corrected chi connectivity index (χ1v) is 8.28. The second-order valence-corrected chi connectivity index (χ2v) is 7.70. The van der Waals surface area contributed by atoms with Gasteiger partial charge >= 0.3 is 145 Å². The Morgan fingerprint density at radius 2 is 1.95 bits per heavy atom. The van der Waals surface area contributed by atoms with Crippen LogP contribution in [0.2, 0.25) is 0 Å². The molecule has 0 amide bonds. The summed E-state index contributed by atoms with van der Waals surface area (Å²) in [5.74, 6) is 1.54. The van der Waals surface area contributed by atoms with Gasteiger partial charge < -0.3 is 0 Å². The van der Waals surface area contributed by atoms with Crippen molar-refractivity contribution in [2.24, 2.45) is 0 Å². The van der Waals surface area contributed by atoms with Gasteiger partial charge in [-0.05, 0) is 0 Å². The van der Waals surface area contributed by atoms with Crippen molar-refractivity contribution in [2.45, 2.75) is 58.8 Å². The molecule has 1 aromatic carbocycles. The Morgan fingerprint density at radius 1 is 1.27 bits per heavy atom. The van der Waals surface area contributed by atoms with Gasteiger partial charge in [0.15, 0.2) is 0 Å². The Bertz CT molecular complexity index is 617. The number of ether oxygens (including phenoxy) is 1. The van der Waals surface area contributed by atoms with Crippen molar-refractivity contribution in [3.05, 3.63) is 50.8 Å². The van der Waals surface area contributed by atoms with Crippen LogP contribution in [0.1, 0.15) is 63.1 Å². The van der Waals surface area contributed by atoms with Crippen LogP contribution < -0.4 is 4.74 Å². The average Bonchev–Trinajstić information content (AvgIpc) is 2.82. The molecule has 2 rings (SSSR count). The number of hydrogen-bond donors (Lipinski definition) is 0.